The highest BCUT2D eigenvalue weighted by atomic mass is 19.1. The summed E-state index contributed by atoms with van der Waals surface area (Å²) in [5.74, 6) is -0.475. The van der Waals surface area contributed by atoms with E-state index in [0.29, 0.717) is 22.5 Å². The van der Waals surface area contributed by atoms with Gasteiger partial charge in [0, 0.05) is 17.4 Å². The molecular weight excluding hydrogens is 257 g/mol. The van der Waals surface area contributed by atoms with E-state index >= 15 is 0 Å². The summed E-state index contributed by atoms with van der Waals surface area (Å²) in [5.41, 5.74) is 8.41. The zero-order chi connectivity index (χ0) is 14.9. The summed E-state index contributed by atoms with van der Waals surface area (Å²) in [6.45, 7) is 5.32. The molecule has 1 aromatic carbocycles. The molecule has 1 aromatic heterocycles. The van der Waals surface area contributed by atoms with Gasteiger partial charge in [0.1, 0.15) is 11.6 Å². The van der Waals surface area contributed by atoms with E-state index in [4.69, 9.17) is 15.7 Å². The summed E-state index contributed by atoms with van der Waals surface area (Å²) >= 11 is 0. The van der Waals surface area contributed by atoms with Crippen LogP contribution in [-0.4, -0.2) is 4.98 Å². The molecule has 0 aliphatic heterocycles. The zero-order valence-corrected chi connectivity index (χ0v) is 11.5. The van der Waals surface area contributed by atoms with Gasteiger partial charge in [-0.2, -0.15) is 5.26 Å². The van der Waals surface area contributed by atoms with Gasteiger partial charge in [-0.15, -0.1) is 0 Å². The minimum atomic E-state index is -0.585. The molecule has 0 atom stereocenters. The molecule has 2 rings (SSSR count). The van der Waals surface area contributed by atoms with E-state index in [1.807, 2.05) is 6.07 Å². The largest absolute Gasteiger partial charge is 0.435 e. The molecule has 2 aromatic rings. The molecule has 0 radical (unpaired) electrons. The Morgan fingerprint density at radius 3 is 2.55 bits per heavy atom. The summed E-state index contributed by atoms with van der Waals surface area (Å²) in [5, 5.41) is 9.15. The van der Waals surface area contributed by atoms with Crippen molar-refractivity contribution < 1.29 is 9.13 Å². The average Bonchev–Trinajstić information content (AvgIpc) is 2.35. The van der Waals surface area contributed by atoms with Gasteiger partial charge in [-0.25, -0.2) is 9.37 Å². The van der Waals surface area contributed by atoms with Gasteiger partial charge in [0.05, 0.1) is 0 Å². The first-order valence-corrected chi connectivity index (χ1v) is 6.04. The lowest BCUT2D eigenvalue weighted by Crippen LogP contribution is -2.00. The molecule has 0 fully saturated rings. The standard InChI is InChI=1S/C15H14FN3O/c1-8-4-10(3)19-15(11(8)7-17)20-14-5-9(2)13(18)6-12(14)16/h4-6H,18H2,1-3H3. The zero-order valence-electron chi connectivity index (χ0n) is 11.5. The molecular formula is C15H14FN3O. The number of aromatic nitrogens is 1. The van der Waals surface area contributed by atoms with Gasteiger partial charge in [-0.3, -0.25) is 0 Å². The highest BCUT2D eigenvalue weighted by Crippen LogP contribution is 2.30. The second-order valence-electron chi connectivity index (χ2n) is 4.61. The third kappa shape index (κ3) is 2.54. The lowest BCUT2D eigenvalue weighted by molar-refractivity contribution is 0.425. The van der Waals surface area contributed by atoms with Crippen molar-refractivity contribution in [2.24, 2.45) is 0 Å². The Labute approximate surface area is 116 Å². The van der Waals surface area contributed by atoms with Crippen LogP contribution in [0.2, 0.25) is 0 Å². The van der Waals surface area contributed by atoms with Crippen molar-refractivity contribution >= 4 is 5.69 Å². The number of ether oxygens (including phenoxy) is 1. The Kier molecular flexibility index (Phi) is 3.57. The number of benzene rings is 1. The Hall–Kier alpha value is -2.61. The fourth-order valence-corrected chi connectivity index (χ4v) is 1.87. The molecule has 4 nitrogen and oxygen atoms in total. The van der Waals surface area contributed by atoms with Crippen LogP contribution in [0.1, 0.15) is 22.4 Å². The van der Waals surface area contributed by atoms with E-state index in [1.165, 1.54) is 12.1 Å². The molecule has 20 heavy (non-hydrogen) atoms. The molecule has 0 bridgehead atoms. The minimum absolute atomic E-state index is 0.00528. The minimum Gasteiger partial charge on any atom is -0.435 e. The van der Waals surface area contributed by atoms with Crippen molar-refractivity contribution in [2.75, 3.05) is 5.73 Å². The van der Waals surface area contributed by atoms with Gasteiger partial charge in [0.15, 0.2) is 11.6 Å². The predicted octanol–water partition coefficient (Wildman–Crippen LogP) is 3.39. The van der Waals surface area contributed by atoms with Gasteiger partial charge in [-0.1, -0.05) is 0 Å². The van der Waals surface area contributed by atoms with Crippen molar-refractivity contribution in [1.82, 2.24) is 4.98 Å². The van der Waals surface area contributed by atoms with Gasteiger partial charge in [0.2, 0.25) is 5.88 Å². The quantitative estimate of drug-likeness (QED) is 0.850. The maximum Gasteiger partial charge on any atom is 0.237 e. The van der Waals surface area contributed by atoms with Crippen LogP contribution in [-0.2, 0) is 0 Å². The number of hydrogen-bond acceptors (Lipinski definition) is 4. The number of nitrogen functional groups attached to an aromatic ring is 1. The van der Waals surface area contributed by atoms with Crippen molar-refractivity contribution in [2.45, 2.75) is 20.8 Å². The number of nitriles is 1. The van der Waals surface area contributed by atoms with E-state index in [2.05, 4.69) is 4.98 Å². The molecule has 0 aliphatic carbocycles. The fraction of sp³-hybridized carbons (Fsp3) is 0.200. The number of anilines is 1. The third-order valence-corrected chi connectivity index (χ3v) is 2.95. The molecule has 0 saturated heterocycles. The molecule has 2 N–H and O–H groups in total. The summed E-state index contributed by atoms with van der Waals surface area (Å²) in [7, 11) is 0. The summed E-state index contributed by atoms with van der Waals surface area (Å²) in [4.78, 5) is 4.15. The highest BCUT2D eigenvalue weighted by Gasteiger charge is 2.14. The van der Waals surface area contributed by atoms with E-state index in [0.717, 1.165) is 5.56 Å². The first-order valence-electron chi connectivity index (χ1n) is 6.04. The molecule has 5 heteroatoms. The Balaban J connectivity index is 2.51. The van der Waals surface area contributed by atoms with Crippen LogP contribution in [0.3, 0.4) is 0 Å². The van der Waals surface area contributed by atoms with Crippen LogP contribution in [0.4, 0.5) is 10.1 Å². The lowest BCUT2D eigenvalue weighted by Gasteiger charge is -2.11. The van der Waals surface area contributed by atoms with E-state index in [1.54, 1.807) is 26.8 Å². The number of nitrogens with two attached hydrogens (primary N) is 1. The van der Waals surface area contributed by atoms with Gasteiger partial charge in [0.25, 0.3) is 0 Å². The Morgan fingerprint density at radius 1 is 1.20 bits per heavy atom. The average molecular weight is 271 g/mol. The molecule has 0 amide bonds. The Bertz CT molecular complexity index is 720. The van der Waals surface area contributed by atoms with Crippen molar-refractivity contribution in [3.05, 3.63) is 46.4 Å². The molecule has 1 heterocycles. The number of rotatable bonds is 2. The normalized spacial score (nSPS) is 10.2. The maximum atomic E-state index is 13.8. The van der Waals surface area contributed by atoms with Crippen LogP contribution in [0, 0.1) is 37.9 Å². The third-order valence-electron chi connectivity index (χ3n) is 2.95. The number of hydrogen-bond donors (Lipinski definition) is 1. The molecule has 0 unspecified atom stereocenters. The second kappa shape index (κ2) is 5.17. The molecule has 102 valence electrons. The van der Waals surface area contributed by atoms with Gasteiger partial charge in [-0.05, 0) is 44.0 Å². The van der Waals surface area contributed by atoms with Crippen LogP contribution in [0.5, 0.6) is 11.6 Å². The van der Waals surface area contributed by atoms with E-state index in [9.17, 15) is 4.39 Å². The lowest BCUT2D eigenvalue weighted by atomic mass is 10.1. The van der Waals surface area contributed by atoms with Crippen LogP contribution >= 0.6 is 0 Å². The van der Waals surface area contributed by atoms with Crippen LogP contribution in [0.25, 0.3) is 0 Å². The van der Waals surface area contributed by atoms with Crippen LogP contribution < -0.4 is 10.5 Å². The van der Waals surface area contributed by atoms with Crippen molar-refractivity contribution in [3.63, 3.8) is 0 Å². The maximum absolute atomic E-state index is 13.8. The SMILES string of the molecule is Cc1cc(C)c(C#N)c(Oc2cc(C)c(N)cc2F)n1. The Morgan fingerprint density at radius 2 is 1.90 bits per heavy atom. The number of aryl methyl sites for hydroxylation is 3. The van der Waals surface area contributed by atoms with E-state index in [-0.39, 0.29) is 11.6 Å². The highest BCUT2D eigenvalue weighted by molar-refractivity contribution is 5.52. The first-order chi connectivity index (χ1) is 9.42. The summed E-state index contributed by atoms with van der Waals surface area (Å²) < 4.78 is 19.3. The first kappa shape index (κ1) is 13.8. The number of nitrogens with zero attached hydrogens (tertiary/aromatic N) is 2. The number of pyridine rings is 1. The van der Waals surface area contributed by atoms with Gasteiger partial charge >= 0.3 is 0 Å². The van der Waals surface area contributed by atoms with Crippen molar-refractivity contribution in [1.29, 1.82) is 5.26 Å². The van der Waals surface area contributed by atoms with Crippen molar-refractivity contribution in [3.8, 4) is 17.7 Å². The van der Waals surface area contributed by atoms with E-state index < -0.39 is 5.82 Å². The van der Waals surface area contributed by atoms with Gasteiger partial charge < -0.3 is 10.5 Å². The molecule has 0 aliphatic rings. The monoisotopic (exact) mass is 271 g/mol. The second-order valence-corrected chi connectivity index (χ2v) is 4.61. The summed E-state index contributed by atoms with van der Waals surface area (Å²) in [6.07, 6.45) is 0. The fourth-order valence-electron chi connectivity index (χ4n) is 1.87. The van der Waals surface area contributed by atoms with Crippen LogP contribution in [0.15, 0.2) is 18.2 Å². The number of halogens is 1. The molecule has 0 spiro atoms. The predicted molar refractivity (Wildman–Crippen MR) is 74.0 cm³/mol. The topological polar surface area (TPSA) is 71.9 Å². The molecule has 0 saturated carbocycles. The summed E-state index contributed by atoms with van der Waals surface area (Å²) in [6, 6.07) is 6.48. The smallest absolute Gasteiger partial charge is 0.237 e.